The highest BCUT2D eigenvalue weighted by Gasteiger charge is 2.38. The van der Waals surface area contributed by atoms with Gasteiger partial charge in [0, 0.05) is 24.6 Å². The molecule has 0 spiro atoms. The summed E-state index contributed by atoms with van der Waals surface area (Å²) in [6.07, 6.45) is 3.67. The van der Waals surface area contributed by atoms with Crippen molar-refractivity contribution < 1.29 is 22.6 Å². The summed E-state index contributed by atoms with van der Waals surface area (Å²) in [6.45, 7) is 4.86. The highest BCUT2D eigenvalue weighted by atomic mass is 19.3. The van der Waals surface area contributed by atoms with Gasteiger partial charge in [-0.1, -0.05) is 27.7 Å². The Hall–Kier alpha value is -2.56. The molecule has 0 aliphatic carbocycles. The lowest BCUT2D eigenvalue weighted by Gasteiger charge is -2.38. The molecular formula is C19H31F3N6O2. The summed E-state index contributed by atoms with van der Waals surface area (Å²) in [7, 11) is 0. The van der Waals surface area contributed by atoms with E-state index in [1.807, 2.05) is 27.7 Å². The summed E-state index contributed by atoms with van der Waals surface area (Å²) in [5.74, 6) is -0.664. The molecule has 1 fully saturated rings. The zero-order valence-electron chi connectivity index (χ0n) is 17.7. The van der Waals surface area contributed by atoms with Gasteiger partial charge in [-0.15, -0.1) is 0 Å². The fraction of sp³-hybridized carbons (Fsp3) is 0.632. The molecule has 2 unspecified atom stereocenters. The number of nitrogens with zero attached hydrogens (tertiary/aromatic N) is 3. The molecule has 11 heteroatoms. The Kier molecular flexibility index (Phi) is 10.9. The number of hydrogen-bond donors (Lipinski definition) is 3. The van der Waals surface area contributed by atoms with Crippen LogP contribution in [0.15, 0.2) is 29.3 Å². The van der Waals surface area contributed by atoms with Crippen LogP contribution in [0.4, 0.5) is 19.0 Å². The van der Waals surface area contributed by atoms with Gasteiger partial charge in [-0.3, -0.25) is 4.98 Å². The highest BCUT2D eigenvalue weighted by molar-refractivity contribution is 5.93. The number of alkyl halides is 3. The number of ether oxygens (including phenoxy) is 2. The van der Waals surface area contributed by atoms with Crippen LogP contribution in [0, 0.1) is 0 Å². The van der Waals surface area contributed by atoms with E-state index in [1.165, 1.54) is 12.4 Å². The molecule has 2 rings (SSSR count). The number of aromatic nitrogens is 2. The molecule has 30 heavy (non-hydrogen) atoms. The summed E-state index contributed by atoms with van der Waals surface area (Å²) < 4.78 is 48.5. The molecule has 0 radical (unpaired) electrons. The lowest BCUT2D eigenvalue weighted by molar-refractivity contribution is -0.0966. The normalized spacial score (nSPS) is 24.8. The van der Waals surface area contributed by atoms with E-state index in [1.54, 1.807) is 0 Å². The van der Waals surface area contributed by atoms with E-state index in [-0.39, 0.29) is 29.6 Å². The van der Waals surface area contributed by atoms with E-state index in [0.717, 1.165) is 12.5 Å². The van der Waals surface area contributed by atoms with E-state index >= 15 is 0 Å². The first-order valence-electron chi connectivity index (χ1n) is 9.97. The summed E-state index contributed by atoms with van der Waals surface area (Å²) in [5.41, 5.74) is 10.8. The lowest BCUT2D eigenvalue weighted by Crippen LogP contribution is -2.56. The molecule has 0 bridgehead atoms. The predicted octanol–water partition coefficient (Wildman–Crippen LogP) is 3.17. The second-order valence-corrected chi connectivity index (χ2v) is 6.30. The van der Waals surface area contributed by atoms with Crippen LogP contribution in [-0.4, -0.2) is 46.8 Å². The monoisotopic (exact) mass is 432 g/mol. The lowest BCUT2D eigenvalue weighted by atomic mass is 9.91. The fourth-order valence-electron chi connectivity index (χ4n) is 2.92. The van der Waals surface area contributed by atoms with Crippen LogP contribution in [0.25, 0.3) is 0 Å². The zero-order chi connectivity index (χ0) is 22.7. The third-order valence-electron chi connectivity index (χ3n) is 4.27. The van der Waals surface area contributed by atoms with Gasteiger partial charge in [-0.2, -0.15) is 13.8 Å². The van der Waals surface area contributed by atoms with Gasteiger partial charge >= 0.3 is 6.61 Å². The van der Waals surface area contributed by atoms with E-state index < -0.39 is 24.8 Å². The Balaban J connectivity index is 0.00000218. The van der Waals surface area contributed by atoms with Crippen LogP contribution < -0.4 is 21.5 Å². The van der Waals surface area contributed by atoms with Gasteiger partial charge in [0.05, 0.1) is 12.4 Å². The van der Waals surface area contributed by atoms with Crippen molar-refractivity contribution in [2.24, 2.45) is 16.5 Å². The smallest absolute Gasteiger partial charge is 0.388 e. The molecule has 5 N–H and O–H groups in total. The number of amidine groups is 1. The van der Waals surface area contributed by atoms with Crippen molar-refractivity contribution in [3.63, 3.8) is 0 Å². The first-order chi connectivity index (χ1) is 14.3. The average Bonchev–Trinajstić information content (AvgIpc) is 2.70. The summed E-state index contributed by atoms with van der Waals surface area (Å²) in [4.78, 5) is 12.0. The number of piperidine rings is 1. The third kappa shape index (κ3) is 8.05. The number of halogens is 3. The fourth-order valence-corrected chi connectivity index (χ4v) is 2.92. The van der Waals surface area contributed by atoms with Crippen molar-refractivity contribution in [1.29, 1.82) is 0 Å². The number of hydrogen-bond acceptors (Lipinski definition) is 7. The Morgan fingerprint density at radius 3 is 2.60 bits per heavy atom. The molecule has 1 aliphatic rings. The van der Waals surface area contributed by atoms with Crippen molar-refractivity contribution in [2.45, 2.75) is 77.9 Å². The van der Waals surface area contributed by atoms with Gasteiger partial charge in [0.15, 0.2) is 17.9 Å². The van der Waals surface area contributed by atoms with Crippen LogP contribution in [0.3, 0.4) is 0 Å². The van der Waals surface area contributed by atoms with Crippen LogP contribution in [-0.2, 0) is 4.74 Å². The minimum atomic E-state index is -3.07. The molecule has 0 saturated carbocycles. The quantitative estimate of drug-likeness (QED) is 0.328. The predicted molar refractivity (Wildman–Crippen MR) is 109 cm³/mol. The first-order valence-corrected chi connectivity index (χ1v) is 9.97. The zero-order valence-corrected chi connectivity index (χ0v) is 17.7. The number of rotatable bonds is 8. The Bertz CT molecular complexity index is 705. The molecule has 0 aromatic carbocycles. The summed E-state index contributed by atoms with van der Waals surface area (Å²) >= 11 is 0. The van der Waals surface area contributed by atoms with Crippen LogP contribution >= 0.6 is 0 Å². The van der Waals surface area contributed by atoms with Gasteiger partial charge < -0.3 is 26.3 Å². The largest absolute Gasteiger partial charge is 0.470 e. The molecule has 1 aromatic heterocycles. The van der Waals surface area contributed by atoms with Crippen LogP contribution in [0.2, 0.25) is 0 Å². The minimum absolute atomic E-state index is 0.0551. The molecule has 2 heterocycles. The van der Waals surface area contributed by atoms with Gasteiger partial charge in [0.25, 0.3) is 0 Å². The van der Waals surface area contributed by atoms with Crippen molar-refractivity contribution in [2.75, 3.05) is 0 Å². The van der Waals surface area contributed by atoms with Gasteiger partial charge in [-0.05, 0) is 12.8 Å². The Morgan fingerprint density at radius 2 is 2.00 bits per heavy atom. The van der Waals surface area contributed by atoms with Crippen molar-refractivity contribution in [1.82, 2.24) is 15.3 Å². The number of nitrogens with two attached hydrogens (primary N) is 2. The third-order valence-corrected chi connectivity index (χ3v) is 4.27. The van der Waals surface area contributed by atoms with Crippen molar-refractivity contribution in [3.05, 3.63) is 24.4 Å². The Labute approximate surface area is 175 Å². The average molecular weight is 432 g/mol. The van der Waals surface area contributed by atoms with Crippen molar-refractivity contribution in [3.8, 4) is 5.88 Å². The minimum Gasteiger partial charge on any atom is -0.470 e. The Morgan fingerprint density at radius 1 is 1.30 bits per heavy atom. The topological polar surface area (TPSA) is 121 Å². The van der Waals surface area contributed by atoms with Gasteiger partial charge in [0.1, 0.15) is 11.9 Å². The molecule has 1 aliphatic heterocycles. The molecular weight excluding hydrogens is 401 g/mol. The maximum absolute atomic E-state index is 14.7. The van der Waals surface area contributed by atoms with Gasteiger partial charge in [-0.25, -0.2) is 9.38 Å². The first kappa shape index (κ1) is 25.5. The van der Waals surface area contributed by atoms with E-state index in [0.29, 0.717) is 12.8 Å². The van der Waals surface area contributed by atoms with Crippen LogP contribution in [0.1, 0.15) is 47.0 Å². The maximum Gasteiger partial charge on any atom is 0.388 e. The molecule has 8 nitrogen and oxygen atoms in total. The molecule has 0 amide bonds. The van der Waals surface area contributed by atoms with E-state index in [2.05, 4.69) is 25.0 Å². The maximum atomic E-state index is 14.7. The molecule has 4 atom stereocenters. The van der Waals surface area contributed by atoms with Gasteiger partial charge in [0.2, 0.25) is 5.88 Å². The standard InChI is InChI=1S/C17H25F3N6O2.C2H6/c1-3-9-5-11(16(18)10(4-2)24-9)27-15-8-23-7-14(26-15)25-12(21)6-13(22)28-17(19)20;1-2/h6-11,16-17,24H,3-5,22H2,1-2H3,(H2,21,25,26);1-2H3/b13-6+;/t9-,10-,11?,16?;/m0./s1. The molecule has 1 saturated heterocycles. The SMILES string of the molecule is CC.CC[C@H]1CC(Oc2cncc(/N=C(N)\C=C(/N)OC(F)F)n2)C(F)[C@H](CC)N1. The van der Waals surface area contributed by atoms with E-state index in [4.69, 9.17) is 16.2 Å². The molecule has 1 aromatic rings. The van der Waals surface area contributed by atoms with Crippen molar-refractivity contribution >= 4 is 11.7 Å². The summed E-state index contributed by atoms with van der Waals surface area (Å²) in [5, 5.41) is 3.27. The van der Waals surface area contributed by atoms with Crippen LogP contribution in [0.5, 0.6) is 5.88 Å². The van der Waals surface area contributed by atoms with E-state index in [9.17, 15) is 13.2 Å². The number of aliphatic imine (C=N–C) groups is 1. The summed E-state index contributed by atoms with van der Waals surface area (Å²) in [6, 6.07) is -0.147. The molecule has 170 valence electrons. The second kappa shape index (κ2) is 12.9. The number of nitrogens with one attached hydrogen (secondary N) is 1. The second-order valence-electron chi connectivity index (χ2n) is 6.30. The highest BCUT2D eigenvalue weighted by Crippen LogP contribution is 2.25.